The van der Waals surface area contributed by atoms with E-state index < -0.39 is 124 Å². The van der Waals surface area contributed by atoms with Crippen molar-refractivity contribution < 1.29 is 99.4 Å². The summed E-state index contributed by atoms with van der Waals surface area (Å²) >= 11 is 0. The first-order valence-corrected chi connectivity index (χ1v) is 30.6. The number of methoxy groups -OCH3 is 1. The number of hydrogen-bond donors (Lipinski definition) is 1. The van der Waals surface area contributed by atoms with Gasteiger partial charge < -0.3 is 57.2 Å². The van der Waals surface area contributed by atoms with Gasteiger partial charge in [0.05, 0.1) is 45.6 Å². The molecule has 2 heterocycles. The Hall–Kier alpha value is -9.22. The molecule has 2 fully saturated rings. The lowest BCUT2D eigenvalue weighted by atomic mass is 9.97. The lowest BCUT2D eigenvalue weighted by molar-refractivity contribution is -0.293. The second kappa shape index (κ2) is 33.6. The number of rotatable bonds is 24. The topological polar surface area (TPSA) is 271 Å². The molecule has 11 atom stereocenters. The van der Waals surface area contributed by atoms with Crippen LogP contribution in [0.15, 0.2) is 212 Å². The summed E-state index contributed by atoms with van der Waals surface area (Å²) in [4.78, 5) is 112. The third kappa shape index (κ3) is 18.9. The molecule has 2 aliphatic rings. The molecule has 1 N–H and O–H groups in total. The highest BCUT2D eigenvalue weighted by Gasteiger charge is 2.57. The Morgan fingerprint density at radius 3 is 0.912 bits per heavy atom. The molecular weight excluding hydrogens is 1200 g/mol. The van der Waals surface area contributed by atoms with Crippen molar-refractivity contribution in [1.29, 1.82) is 0 Å². The lowest BCUT2D eigenvalue weighted by Gasteiger charge is -2.45. The summed E-state index contributed by atoms with van der Waals surface area (Å²) in [7, 11) is -4.59. The summed E-state index contributed by atoms with van der Waals surface area (Å²) in [6, 6.07) is 53.1. The molecule has 0 aromatic heterocycles. The summed E-state index contributed by atoms with van der Waals surface area (Å²) in [6.07, 6.45) is -19.0. The van der Waals surface area contributed by atoms with E-state index in [1.165, 1.54) is 129 Å². The third-order valence-corrected chi connectivity index (χ3v) is 15.2. The molecule has 476 valence electrons. The van der Waals surface area contributed by atoms with Crippen molar-refractivity contribution in [2.75, 3.05) is 40.0 Å². The van der Waals surface area contributed by atoms with Gasteiger partial charge in [0.25, 0.3) is 0 Å². The van der Waals surface area contributed by atoms with E-state index in [2.05, 4.69) is 25.7 Å². The van der Waals surface area contributed by atoms with Crippen LogP contribution >= 0.6 is 7.82 Å². The van der Waals surface area contributed by atoms with E-state index in [1.807, 2.05) is 0 Å². The van der Waals surface area contributed by atoms with Crippen LogP contribution in [0.4, 0.5) is 0 Å². The smallest absolute Gasteiger partial charge is 0.459 e. The zero-order chi connectivity index (χ0) is 64.7. The number of phosphoric ester groups is 1. The number of esters is 7. The van der Waals surface area contributed by atoms with Crippen molar-refractivity contribution in [3.8, 4) is 0 Å². The second-order valence-corrected chi connectivity index (χ2v) is 21.6. The van der Waals surface area contributed by atoms with Crippen molar-refractivity contribution >= 4 is 49.6 Å². The van der Waals surface area contributed by atoms with Crippen molar-refractivity contribution in [2.45, 2.75) is 82.2 Å². The Balaban J connectivity index is 0.00000144. The maximum Gasteiger partial charge on any atom is 0.474 e. The average Bonchev–Trinajstić information content (AvgIpc) is 0.877. The van der Waals surface area contributed by atoms with Gasteiger partial charge in [-0.1, -0.05) is 148 Å². The minimum Gasteiger partial charge on any atom is -0.459 e. The highest BCUT2D eigenvalue weighted by molar-refractivity contribution is 7.47. The highest BCUT2D eigenvalue weighted by atomic mass is 31.2. The van der Waals surface area contributed by atoms with E-state index in [1.54, 1.807) is 103 Å². The van der Waals surface area contributed by atoms with Gasteiger partial charge in [0.15, 0.2) is 42.9 Å². The Morgan fingerprint density at radius 1 is 0.374 bits per heavy atom. The SMILES string of the molecule is CCN(CC)CC.CO[C@H]1O[C@H](COP(=O)(O)O[C@H]2O[C@H](COC(=O)c3ccccc3)[C@@H](OC(=O)c3ccccc3)[C@H](OC(=O)c3ccccc3)[C@@H]2OC(=O)c2ccccc2)[C@H](OC(=O)c2ccccc2)[C@H](OC(=O)c2ccccc2)[C@H]1OC(=O)c1ccccc1. The maximum atomic E-state index is 14.8. The normalized spacial score (nSPS) is 21.6. The molecule has 91 heavy (non-hydrogen) atoms. The zero-order valence-electron chi connectivity index (χ0n) is 50.0. The largest absolute Gasteiger partial charge is 0.474 e. The molecule has 22 nitrogen and oxygen atoms in total. The molecule has 0 amide bonds. The zero-order valence-corrected chi connectivity index (χ0v) is 50.9. The molecule has 9 rings (SSSR count). The van der Waals surface area contributed by atoms with Crippen molar-refractivity contribution in [1.82, 2.24) is 4.90 Å². The average molecular weight is 1270 g/mol. The standard InChI is InChI=1S/C62H53O21P.C6H15N/c1-72-61-52(81-59(68)44-33-19-7-20-34-44)50(79-57(66)42-29-15-5-16-30-42)49(78-56(65)41-27-13-4-14-28-41)47(75-61)38-74-84(70,71)83-62-53(82-60(69)45-35-21-8-22-36-45)51(80-58(67)43-31-17-6-18-32-43)48(77-55(64)40-25-11-3-12-26-40)46(76-62)37-73-54(63)39-23-9-2-10-24-39;1-4-7(5-2)6-3/h2-36,46-53,61-62H,37-38H2,1H3,(H,70,71);4-6H2,1-3H3/t46-,47-,48-,49+,50+,51+,52-,53+,61+,62-;/m1./s1. The Morgan fingerprint density at radius 2 is 0.626 bits per heavy atom. The molecule has 23 heteroatoms. The first-order valence-electron chi connectivity index (χ1n) is 29.1. The first kappa shape index (κ1) is 67.7. The first-order chi connectivity index (χ1) is 44.1. The van der Waals surface area contributed by atoms with E-state index in [9.17, 15) is 43.0 Å². The molecule has 7 aromatic rings. The van der Waals surface area contributed by atoms with Gasteiger partial charge >= 0.3 is 49.6 Å². The number of carbonyl (C=O) groups is 7. The Labute approximate surface area is 525 Å². The molecule has 0 radical (unpaired) electrons. The van der Waals surface area contributed by atoms with Gasteiger partial charge in [-0.05, 0) is 105 Å². The van der Waals surface area contributed by atoms with Crippen LogP contribution in [0.5, 0.6) is 0 Å². The summed E-state index contributed by atoms with van der Waals surface area (Å²) in [6.45, 7) is 8.21. The third-order valence-electron chi connectivity index (χ3n) is 14.3. The van der Waals surface area contributed by atoms with Gasteiger partial charge in [0, 0.05) is 7.11 Å². The molecule has 0 spiro atoms. The van der Waals surface area contributed by atoms with Crippen LogP contribution in [-0.2, 0) is 61.0 Å². The minimum absolute atomic E-state index is 0.00118. The number of phosphoric acid groups is 1. The fourth-order valence-corrected chi connectivity index (χ4v) is 10.3. The van der Waals surface area contributed by atoms with Gasteiger partial charge in [0.1, 0.15) is 18.8 Å². The predicted molar refractivity (Wildman–Crippen MR) is 325 cm³/mol. The van der Waals surface area contributed by atoms with Gasteiger partial charge in [0.2, 0.25) is 6.29 Å². The molecule has 0 saturated carbocycles. The van der Waals surface area contributed by atoms with E-state index in [0.29, 0.717) is 0 Å². The van der Waals surface area contributed by atoms with Crippen molar-refractivity contribution in [2.24, 2.45) is 0 Å². The summed E-state index contributed by atoms with van der Waals surface area (Å²) in [5, 5.41) is 0. The Bertz CT molecular complexity index is 3510. The summed E-state index contributed by atoms with van der Waals surface area (Å²) in [5.41, 5.74) is 0.0555. The molecule has 1 unspecified atom stereocenters. The van der Waals surface area contributed by atoms with Crippen molar-refractivity contribution in [3.63, 3.8) is 0 Å². The van der Waals surface area contributed by atoms with Crippen molar-refractivity contribution in [3.05, 3.63) is 251 Å². The molecule has 2 aliphatic heterocycles. The van der Waals surface area contributed by atoms with Crippen LogP contribution in [0.3, 0.4) is 0 Å². The number of carbonyl (C=O) groups excluding carboxylic acids is 7. The quantitative estimate of drug-likeness (QED) is 0.0335. The number of benzene rings is 7. The van der Waals surface area contributed by atoms with E-state index >= 15 is 0 Å². The van der Waals surface area contributed by atoms with Gasteiger partial charge in [-0.3, -0.25) is 9.05 Å². The highest BCUT2D eigenvalue weighted by Crippen LogP contribution is 2.48. The second-order valence-electron chi connectivity index (χ2n) is 20.2. The van der Waals surface area contributed by atoms with Crippen LogP contribution in [0.1, 0.15) is 93.3 Å². The minimum atomic E-state index is -5.75. The van der Waals surface area contributed by atoms with E-state index in [4.69, 9.17) is 56.4 Å². The number of nitrogens with zero attached hydrogens (tertiary/aromatic N) is 1. The summed E-state index contributed by atoms with van der Waals surface area (Å²) in [5.74, 6) is -7.03. The maximum absolute atomic E-state index is 14.8. The van der Waals surface area contributed by atoms with Crippen LogP contribution < -0.4 is 0 Å². The van der Waals surface area contributed by atoms with Crippen LogP contribution in [-0.4, -0.2) is 153 Å². The monoisotopic (exact) mass is 1270 g/mol. The fraction of sp³-hybridized carbons (Fsp3) is 0.279. The molecular formula is C68H68NO21P. The molecule has 0 aliphatic carbocycles. The van der Waals surface area contributed by atoms with Gasteiger partial charge in [-0.15, -0.1) is 0 Å². The predicted octanol–water partition coefficient (Wildman–Crippen LogP) is 9.77. The number of ether oxygens (including phenoxy) is 10. The van der Waals surface area contributed by atoms with E-state index in [-0.39, 0.29) is 38.9 Å². The van der Waals surface area contributed by atoms with E-state index in [0.717, 1.165) is 7.11 Å². The fourth-order valence-electron chi connectivity index (χ4n) is 9.51. The van der Waals surface area contributed by atoms with Gasteiger partial charge in [-0.2, -0.15) is 0 Å². The summed E-state index contributed by atoms with van der Waals surface area (Å²) < 4.78 is 86.1. The number of hydrogen-bond acceptors (Lipinski definition) is 21. The molecule has 0 bridgehead atoms. The molecule has 2 saturated heterocycles. The Kier molecular flexibility index (Phi) is 25.0. The lowest BCUT2D eigenvalue weighted by Crippen LogP contribution is -2.63. The van der Waals surface area contributed by atoms with Crippen LogP contribution in [0.25, 0.3) is 0 Å². The van der Waals surface area contributed by atoms with Crippen LogP contribution in [0.2, 0.25) is 0 Å². The van der Waals surface area contributed by atoms with Gasteiger partial charge in [-0.25, -0.2) is 38.1 Å². The molecule has 7 aromatic carbocycles. The van der Waals surface area contributed by atoms with Crippen LogP contribution in [0, 0.1) is 0 Å².